The molecule has 0 spiro atoms. The monoisotopic (exact) mass is 340 g/mol. The minimum Gasteiger partial charge on any atom is -0.463 e. The van der Waals surface area contributed by atoms with Crippen LogP contribution in [0.15, 0.2) is 12.2 Å². The van der Waals surface area contributed by atoms with E-state index in [9.17, 15) is 4.79 Å². The maximum absolute atomic E-state index is 11.1. The van der Waals surface area contributed by atoms with E-state index in [-0.39, 0.29) is 12.3 Å². The first-order chi connectivity index (χ1) is 11.8. The van der Waals surface area contributed by atoms with Gasteiger partial charge in [0.15, 0.2) is 6.29 Å². The van der Waals surface area contributed by atoms with Crippen molar-refractivity contribution in [2.75, 3.05) is 19.8 Å². The zero-order valence-corrected chi connectivity index (χ0v) is 15.5. The Hall–Kier alpha value is -0.870. The van der Waals surface area contributed by atoms with Crippen molar-refractivity contribution >= 4 is 5.97 Å². The lowest BCUT2D eigenvalue weighted by atomic mass is 10.1. The molecule has 0 aromatic carbocycles. The predicted molar refractivity (Wildman–Crippen MR) is 96.9 cm³/mol. The minimum atomic E-state index is -0.225. The van der Waals surface area contributed by atoms with Crippen LogP contribution < -0.4 is 0 Å². The quantitative estimate of drug-likeness (QED) is 0.249. The molecule has 0 aromatic heterocycles. The molecular weight excluding hydrogens is 304 g/mol. The van der Waals surface area contributed by atoms with Crippen LogP contribution in [0.25, 0.3) is 0 Å². The largest absolute Gasteiger partial charge is 0.463 e. The molecule has 1 heterocycles. The van der Waals surface area contributed by atoms with Gasteiger partial charge in [-0.3, -0.25) is 0 Å². The average Bonchev–Trinajstić information content (AvgIpc) is 2.60. The number of hydrogen-bond donors (Lipinski definition) is 0. The first-order valence-electron chi connectivity index (χ1n) is 9.89. The van der Waals surface area contributed by atoms with Gasteiger partial charge in [-0.05, 0) is 45.4 Å². The van der Waals surface area contributed by atoms with Gasteiger partial charge >= 0.3 is 5.97 Å². The molecular formula is C20H36O4. The maximum Gasteiger partial charge on any atom is 0.330 e. The van der Waals surface area contributed by atoms with E-state index in [1.54, 1.807) is 6.08 Å². The second-order valence-corrected chi connectivity index (χ2v) is 6.44. The average molecular weight is 341 g/mol. The van der Waals surface area contributed by atoms with E-state index >= 15 is 0 Å². The van der Waals surface area contributed by atoms with Crippen LogP contribution >= 0.6 is 0 Å². The third-order valence-corrected chi connectivity index (χ3v) is 4.25. The summed E-state index contributed by atoms with van der Waals surface area (Å²) >= 11 is 0. The van der Waals surface area contributed by atoms with Crippen LogP contribution in [0.2, 0.25) is 0 Å². The molecule has 0 amide bonds. The summed E-state index contributed by atoms with van der Waals surface area (Å²) in [6, 6.07) is 0. The molecule has 4 nitrogen and oxygen atoms in total. The number of unbranched alkanes of at least 4 members (excludes halogenated alkanes) is 8. The third-order valence-electron chi connectivity index (χ3n) is 4.25. The Morgan fingerprint density at radius 1 is 1.04 bits per heavy atom. The van der Waals surface area contributed by atoms with Gasteiger partial charge in [-0.25, -0.2) is 4.79 Å². The van der Waals surface area contributed by atoms with Crippen molar-refractivity contribution in [2.24, 2.45) is 0 Å². The lowest BCUT2D eigenvalue weighted by molar-refractivity contribution is -0.162. The Bertz CT molecular complexity index is 322. The molecule has 1 aliphatic heterocycles. The molecule has 1 fully saturated rings. The zero-order valence-electron chi connectivity index (χ0n) is 15.5. The molecule has 0 aromatic rings. The van der Waals surface area contributed by atoms with Crippen molar-refractivity contribution in [3.63, 3.8) is 0 Å². The van der Waals surface area contributed by atoms with E-state index in [0.717, 1.165) is 38.9 Å². The number of hydrogen-bond acceptors (Lipinski definition) is 4. The standard InChI is InChI=1S/C20H36O4/c1-2-22-19(21)15-11-9-7-5-3-4-6-8-10-13-17-23-20-16-12-14-18-24-20/h11,15,20H,2-10,12-14,16-18H2,1H3/b15-11+. The Labute approximate surface area is 147 Å². The molecule has 0 bridgehead atoms. The van der Waals surface area contributed by atoms with Crippen LogP contribution in [0.1, 0.15) is 84.0 Å². The lowest BCUT2D eigenvalue weighted by Gasteiger charge is -2.22. The number of rotatable bonds is 14. The predicted octanol–water partition coefficient (Wildman–Crippen LogP) is 5.16. The van der Waals surface area contributed by atoms with Gasteiger partial charge in [-0.1, -0.05) is 44.6 Å². The van der Waals surface area contributed by atoms with Gasteiger partial charge in [0.1, 0.15) is 0 Å². The van der Waals surface area contributed by atoms with Crippen molar-refractivity contribution in [3.05, 3.63) is 12.2 Å². The highest BCUT2D eigenvalue weighted by Crippen LogP contribution is 2.15. The molecule has 1 saturated heterocycles. The number of carbonyl (C=O) groups excluding carboxylic acids is 1. The molecule has 0 N–H and O–H groups in total. The normalized spacial score (nSPS) is 18.1. The molecule has 1 unspecified atom stereocenters. The van der Waals surface area contributed by atoms with Gasteiger partial charge in [0.05, 0.1) is 6.61 Å². The number of esters is 1. The summed E-state index contributed by atoms with van der Waals surface area (Å²) in [5.74, 6) is -0.225. The molecule has 1 aliphatic rings. The van der Waals surface area contributed by atoms with Crippen molar-refractivity contribution < 1.29 is 19.0 Å². The second-order valence-electron chi connectivity index (χ2n) is 6.44. The molecule has 1 atom stereocenters. The first-order valence-corrected chi connectivity index (χ1v) is 9.89. The van der Waals surface area contributed by atoms with Crippen molar-refractivity contribution in [1.29, 1.82) is 0 Å². The highest BCUT2D eigenvalue weighted by molar-refractivity contribution is 5.81. The highest BCUT2D eigenvalue weighted by atomic mass is 16.7. The Morgan fingerprint density at radius 2 is 1.75 bits per heavy atom. The fourth-order valence-corrected chi connectivity index (χ4v) is 2.85. The van der Waals surface area contributed by atoms with Crippen LogP contribution in [0.5, 0.6) is 0 Å². The highest BCUT2D eigenvalue weighted by Gasteiger charge is 2.13. The summed E-state index contributed by atoms with van der Waals surface area (Å²) in [6.07, 6.45) is 18.0. The van der Waals surface area contributed by atoms with E-state index in [2.05, 4.69) is 0 Å². The molecule has 24 heavy (non-hydrogen) atoms. The van der Waals surface area contributed by atoms with E-state index in [4.69, 9.17) is 14.2 Å². The van der Waals surface area contributed by atoms with Gasteiger partial charge in [-0.2, -0.15) is 0 Å². The maximum atomic E-state index is 11.1. The summed E-state index contributed by atoms with van der Waals surface area (Å²) < 4.78 is 16.1. The van der Waals surface area contributed by atoms with Gasteiger partial charge in [0.25, 0.3) is 0 Å². The van der Waals surface area contributed by atoms with Crippen LogP contribution in [0, 0.1) is 0 Å². The van der Waals surface area contributed by atoms with Gasteiger partial charge in [-0.15, -0.1) is 0 Å². The molecule has 1 rings (SSSR count). The molecule has 4 heteroatoms. The molecule has 140 valence electrons. The summed E-state index contributed by atoms with van der Waals surface area (Å²) in [7, 11) is 0. The van der Waals surface area contributed by atoms with Gasteiger partial charge in [0.2, 0.25) is 0 Å². The minimum absolute atomic E-state index is 0.0663. The molecule has 0 aliphatic carbocycles. The number of ether oxygens (including phenoxy) is 3. The van der Waals surface area contributed by atoms with E-state index in [0.29, 0.717) is 6.61 Å². The number of allylic oxidation sites excluding steroid dienone is 1. The fourth-order valence-electron chi connectivity index (χ4n) is 2.85. The Morgan fingerprint density at radius 3 is 2.42 bits per heavy atom. The Balaban J connectivity index is 1.75. The van der Waals surface area contributed by atoms with Crippen molar-refractivity contribution in [2.45, 2.75) is 90.3 Å². The zero-order chi connectivity index (χ0) is 17.3. The molecule has 0 saturated carbocycles. The van der Waals surface area contributed by atoms with Crippen LogP contribution in [-0.2, 0) is 19.0 Å². The summed E-state index contributed by atoms with van der Waals surface area (Å²) in [5, 5.41) is 0. The van der Waals surface area contributed by atoms with Gasteiger partial charge in [0, 0.05) is 19.3 Å². The Kier molecular flexibility index (Phi) is 13.8. The van der Waals surface area contributed by atoms with E-state index in [1.165, 1.54) is 51.4 Å². The first kappa shape index (κ1) is 21.2. The smallest absolute Gasteiger partial charge is 0.330 e. The van der Waals surface area contributed by atoms with E-state index < -0.39 is 0 Å². The van der Waals surface area contributed by atoms with Crippen LogP contribution in [0.4, 0.5) is 0 Å². The third kappa shape index (κ3) is 12.5. The van der Waals surface area contributed by atoms with Crippen LogP contribution in [0.3, 0.4) is 0 Å². The summed E-state index contributed by atoms with van der Waals surface area (Å²) in [5.41, 5.74) is 0. The molecule has 0 radical (unpaired) electrons. The summed E-state index contributed by atoms with van der Waals surface area (Å²) in [6.45, 7) is 3.98. The van der Waals surface area contributed by atoms with Gasteiger partial charge < -0.3 is 14.2 Å². The fraction of sp³-hybridized carbons (Fsp3) is 0.850. The topological polar surface area (TPSA) is 44.8 Å². The van der Waals surface area contributed by atoms with Crippen molar-refractivity contribution in [3.8, 4) is 0 Å². The summed E-state index contributed by atoms with van der Waals surface area (Å²) in [4.78, 5) is 11.1. The van der Waals surface area contributed by atoms with Crippen molar-refractivity contribution in [1.82, 2.24) is 0 Å². The van der Waals surface area contributed by atoms with Crippen LogP contribution in [-0.4, -0.2) is 32.1 Å². The SMILES string of the molecule is CCOC(=O)/C=C/CCCCCCCCCCOC1CCCCO1. The lowest BCUT2D eigenvalue weighted by Crippen LogP contribution is -2.22. The number of carbonyl (C=O) groups is 1. The van der Waals surface area contributed by atoms with E-state index in [1.807, 2.05) is 13.0 Å². The second kappa shape index (κ2) is 15.6.